The number of aromatic amines is 1. The Kier molecular flexibility index (Phi) is 3.91. The van der Waals surface area contributed by atoms with Gasteiger partial charge in [-0.3, -0.25) is 9.89 Å². The van der Waals surface area contributed by atoms with Crippen molar-refractivity contribution in [2.75, 3.05) is 19.0 Å². The van der Waals surface area contributed by atoms with Crippen LogP contribution in [0.25, 0.3) is 10.9 Å². The fourth-order valence-corrected chi connectivity index (χ4v) is 2.09. The molecule has 0 aliphatic rings. The highest BCUT2D eigenvalue weighted by molar-refractivity contribution is 5.94. The van der Waals surface area contributed by atoms with Gasteiger partial charge in [-0.15, -0.1) is 0 Å². The number of benzene rings is 2. The van der Waals surface area contributed by atoms with Crippen LogP contribution in [0.15, 0.2) is 48.7 Å². The molecule has 2 N–H and O–H groups in total. The van der Waals surface area contributed by atoms with E-state index >= 15 is 0 Å². The van der Waals surface area contributed by atoms with Gasteiger partial charge in [0.05, 0.1) is 18.8 Å². The second kappa shape index (κ2) is 6.17. The lowest BCUT2D eigenvalue weighted by atomic mass is 10.2. The van der Waals surface area contributed by atoms with E-state index in [9.17, 15) is 4.79 Å². The lowest BCUT2D eigenvalue weighted by Crippen LogP contribution is -2.20. The molecule has 1 aromatic heterocycles. The van der Waals surface area contributed by atoms with Gasteiger partial charge in [0.1, 0.15) is 0 Å². The summed E-state index contributed by atoms with van der Waals surface area (Å²) in [5.41, 5.74) is 1.55. The van der Waals surface area contributed by atoms with Crippen LogP contribution >= 0.6 is 0 Å². The summed E-state index contributed by atoms with van der Waals surface area (Å²) in [4.78, 5) is 12.0. The third-order valence-electron chi connectivity index (χ3n) is 3.15. The number of nitrogens with zero attached hydrogens (tertiary/aromatic N) is 1. The molecule has 0 saturated carbocycles. The first-order valence-electron chi connectivity index (χ1n) is 6.75. The fraction of sp³-hybridized carbons (Fsp3) is 0.125. The average molecular weight is 297 g/mol. The lowest BCUT2D eigenvalue weighted by molar-refractivity contribution is -0.118. The Balaban J connectivity index is 1.62. The Hall–Kier alpha value is -3.02. The Morgan fingerprint density at radius 3 is 2.86 bits per heavy atom. The van der Waals surface area contributed by atoms with Gasteiger partial charge in [-0.05, 0) is 30.3 Å². The molecule has 0 spiro atoms. The molecule has 3 aromatic rings. The van der Waals surface area contributed by atoms with Gasteiger partial charge in [0.2, 0.25) is 0 Å². The largest absolute Gasteiger partial charge is 0.493 e. The molecule has 1 amide bonds. The highest BCUT2D eigenvalue weighted by Gasteiger charge is 2.07. The number of aromatic nitrogens is 2. The van der Waals surface area contributed by atoms with Crippen molar-refractivity contribution < 1.29 is 14.3 Å². The molecule has 0 aliphatic heterocycles. The maximum Gasteiger partial charge on any atom is 0.262 e. The maximum atomic E-state index is 12.0. The highest BCUT2D eigenvalue weighted by Crippen LogP contribution is 2.25. The Bertz CT molecular complexity index is 798. The number of nitrogens with one attached hydrogen (secondary N) is 2. The van der Waals surface area contributed by atoms with Gasteiger partial charge in [-0.1, -0.05) is 12.1 Å². The Labute approximate surface area is 127 Å². The van der Waals surface area contributed by atoms with Crippen LogP contribution in [-0.2, 0) is 4.79 Å². The van der Waals surface area contributed by atoms with E-state index in [2.05, 4.69) is 15.5 Å². The van der Waals surface area contributed by atoms with Crippen molar-refractivity contribution in [3.05, 3.63) is 48.7 Å². The molecular weight excluding hydrogens is 282 g/mol. The zero-order valence-electron chi connectivity index (χ0n) is 12.0. The SMILES string of the molecule is COc1ccccc1OCC(=O)Nc1ccc2cn[nH]c2c1. The molecular formula is C16H15N3O3. The van der Waals surface area contributed by atoms with Gasteiger partial charge >= 0.3 is 0 Å². The van der Waals surface area contributed by atoms with Crippen molar-refractivity contribution in [3.63, 3.8) is 0 Å². The van der Waals surface area contributed by atoms with Crippen molar-refractivity contribution in [1.82, 2.24) is 10.2 Å². The summed E-state index contributed by atoms with van der Waals surface area (Å²) in [5.74, 6) is 0.878. The molecule has 0 radical (unpaired) electrons. The molecule has 0 saturated heterocycles. The van der Waals surface area contributed by atoms with Crippen molar-refractivity contribution in [2.24, 2.45) is 0 Å². The molecule has 6 nitrogen and oxygen atoms in total. The zero-order valence-corrected chi connectivity index (χ0v) is 12.0. The first-order chi connectivity index (χ1) is 10.8. The zero-order chi connectivity index (χ0) is 15.4. The predicted octanol–water partition coefficient (Wildman–Crippen LogP) is 2.59. The van der Waals surface area contributed by atoms with Gasteiger partial charge < -0.3 is 14.8 Å². The average Bonchev–Trinajstić information content (AvgIpc) is 3.01. The van der Waals surface area contributed by atoms with Crippen LogP contribution in [0, 0.1) is 0 Å². The van der Waals surface area contributed by atoms with Crippen LogP contribution in [0.4, 0.5) is 5.69 Å². The number of carbonyl (C=O) groups excluding carboxylic acids is 1. The van der Waals surface area contributed by atoms with Crippen LogP contribution in [0.5, 0.6) is 11.5 Å². The van der Waals surface area contributed by atoms with Crippen LogP contribution < -0.4 is 14.8 Å². The molecule has 0 fully saturated rings. The highest BCUT2D eigenvalue weighted by atomic mass is 16.5. The third-order valence-corrected chi connectivity index (χ3v) is 3.15. The molecule has 0 aliphatic carbocycles. The number of amides is 1. The number of rotatable bonds is 5. The van der Waals surface area contributed by atoms with E-state index in [1.807, 2.05) is 30.3 Å². The van der Waals surface area contributed by atoms with Gasteiger partial charge in [0.25, 0.3) is 5.91 Å². The van der Waals surface area contributed by atoms with Gasteiger partial charge in [-0.2, -0.15) is 5.10 Å². The second-order valence-corrected chi connectivity index (χ2v) is 4.66. The first-order valence-corrected chi connectivity index (χ1v) is 6.75. The van der Waals surface area contributed by atoms with Gasteiger partial charge in [-0.25, -0.2) is 0 Å². The minimum absolute atomic E-state index is 0.0958. The topological polar surface area (TPSA) is 76.2 Å². The normalized spacial score (nSPS) is 10.4. The van der Waals surface area contributed by atoms with Crippen molar-refractivity contribution in [3.8, 4) is 11.5 Å². The first kappa shape index (κ1) is 13.9. The number of anilines is 1. The van der Waals surface area contributed by atoms with E-state index in [-0.39, 0.29) is 12.5 Å². The minimum Gasteiger partial charge on any atom is -0.493 e. The lowest BCUT2D eigenvalue weighted by Gasteiger charge is -2.10. The van der Waals surface area contributed by atoms with E-state index in [1.54, 1.807) is 25.4 Å². The molecule has 0 unspecified atom stereocenters. The van der Waals surface area contributed by atoms with Gasteiger partial charge in [0.15, 0.2) is 18.1 Å². The summed E-state index contributed by atoms with van der Waals surface area (Å²) in [5, 5.41) is 10.6. The summed E-state index contributed by atoms with van der Waals surface area (Å²) in [6, 6.07) is 12.7. The number of ether oxygens (including phenoxy) is 2. The summed E-state index contributed by atoms with van der Waals surface area (Å²) < 4.78 is 10.6. The summed E-state index contributed by atoms with van der Waals surface area (Å²) in [6.07, 6.45) is 1.73. The number of hydrogen-bond acceptors (Lipinski definition) is 4. The monoisotopic (exact) mass is 297 g/mol. The summed E-state index contributed by atoms with van der Waals surface area (Å²) >= 11 is 0. The Morgan fingerprint density at radius 1 is 1.23 bits per heavy atom. The van der Waals surface area contributed by atoms with Crippen molar-refractivity contribution >= 4 is 22.5 Å². The minimum atomic E-state index is -0.246. The van der Waals surface area contributed by atoms with Crippen molar-refractivity contribution in [2.45, 2.75) is 0 Å². The van der Waals surface area contributed by atoms with Crippen molar-refractivity contribution in [1.29, 1.82) is 0 Å². The summed E-state index contributed by atoms with van der Waals surface area (Å²) in [7, 11) is 1.56. The number of para-hydroxylation sites is 2. The second-order valence-electron chi connectivity index (χ2n) is 4.66. The number of hydrogen-bond donors (Lipinski definition) is 2. The predicted molar refractivity (Wildman–Crippen MR) is 83.2 cm³/mol. The van der Waals surface area contributed by atoms with Crippen LogP contribution in [-0.4, -0.2) is 29.8 Å². The fourth-order valence-electron chi connectivity index (χ4n) is 2.09. The number of fused-ring (bicyclic) bond motifs is 1. The number of H-pyrrole nitrogens is 1. The molecule has 6 heteroatoms. The van der Waals surface area contributed by atoms with Crippen LogP contribution in [0.1, 0.15) is 0 Å². The number of methoxy groups -OCH3 is 1. The van der Waals surface area contributed by atoms with E-state index in [4.69, 9.17) is 9.47 Å². The number of carbonyl (C=O) groups is 1. The van der Waals surface area contributed by atoms with Crippen LogP contribution in [0.2, 0.25) is 0 Å². The van der Waals surface area contributed by atoms with E-state index in [0.717, 1.165) is 10.9 Å². The maximum absolute atomic E-state index is 12.0. The summed E-state index contributed by atoms with van der Waals surface area (Å²) in [6.45, 7) is -0.0958. The molecule has 22 heavy (non-hydrogen) atoms. The van der Waals surface area contributed by atoms with Crippen LogP contribution in [0.3, 0.4) is 0 Å². The standard InChI is InChI=1S/C16H15N3O3/c1-21-14-4-2-3-5-15(14)22-10-16(20)18-12-7-6-11-9-17-19-13(11)8-12/h2-9H,10H2,1H3,(H,17,19)(H,18,20). The quantitative estimate of drug-likeness (QED) is 0.759. The van der Waals surface area contributed by atoms with E-state index in [1.165, 1.54) is 0 Å². The third kappa shape index (κ3) is 3.01. The molecule has 3 rings (SSSR count). The molecule has 0 bridgehead atoms. The van der Waals surface area contributed by atoms with E-state index < -0.39 is 0 Å². The molecule has 0 atom stereocenters. The molecule has 112 valence electrons. The smallest absolute Gasteiger partial charge is 0.262 e. The van der Waals surface area contributed by atoms with Gasteiger partial charge in [0, 0.05) is 11.1 Å². The molecule has 2 aromatic carbocycles. The van der Waals surface area contributed by atoms with E-state index in [0.29, 0.717) is 17.2 Å². The molecule has 1 heterocycles. The Morgan fingerprint density at radius 2 is 2.05 bits per heavy atom.